The minimum absolute atomic E-state index is 0.0693. The molecule has 302 valence electrons. The molecule has 0 saturated heterocycles. The molecule has 4 aromatic rings. The monoisotopic (exact) mass is 786 g/mol. The lowest BCUT2D eigenvalue weighted by Gasteiger charge is -2.33. The molecule has 14 heteroatoms. The molecule has 58 heavy (non-hydrogen) atoms. The Morgan fingerprint density at radius 3 is 1.28 bits per heavy atom. The highest BCUT2D eigenvalue weighted by molar-refractivity contribution is 5.85. The minimum Gasteiger partial charge on any atom is -0.452 e. The second kappa shape index (κ2) is 15.6. The zero-order chi connectivity index (χ0) is 40.8. The standard InChI is InChI=1S/C44H50N8O6/c1-23(2)51(49-43(55)57-5)41(53)37-31-17-15-29(19-31)35(37)39-45-21-33(47-39)27-11-7-25(8-12-27)26-9-13-28(14-10-26)34-22-46-40(48-34)36-30-16-18-32(20-30)38(36)42(54)52(24(3)4)50-44(56)58-6/h7-18,21-24,29-32,35-38H,19-20H2,1-6H3,(H,45,47)(H,46,48)(H,49,55)(H,50,56)/t29?,30?,31?,32?,35-,36?,37+,38?/m0/s1. The first-order valence-electron chi connectivity index (χ1n) is 20.0. The quantitative estimate of drug-likeness (QED) is 0.104. The first-order valence-corrected chi connectivity index (χ1v) is 20.0. The number of amides is 4. The molecule has 14 nitrogen and oxygen atoms in total. The van der Waals surface area contributed by atoms with Gasteiger partial charge in [0.25, 0.3) is 0 Å². The zero-order valence-corrected chi connectivity index (χ0v) is 33.5. The van der Waals surface area contributed by atoms with Gasteiger partial charge in [-0.05, 0) is 86.5 Å². The van der Waals surface area contributed by atoms with E-state index in [0.29, 0.717) is 0 Å². The third-order valence-corrected chi connectivity index (χ3v) is 12.3. The van der Waals surface area contributed by atoms with Crippen LogP contribution in [0.15, 0.2) is 85.2 Å². The topological polar surface area (TPSA) is 175 Å². The van der Waals surface area contributed by atoms with Gasteiger partial charge >= 0.3 is 12.2 Å². The molecule has 2 saturated carbocycles. The van der Waals surface area contributed by atoms with E-state index >= 15 is 0 Å². The van der Waals surface area contributed by atoms with Crippen LogP contribution in [0.1, 0.15) is 64.0 Å². The van der Waals surface area contributed by atoms with E-state index in [9.17, 15) is 19.2 Å². The number of fused-ring (bicyclic) bond motifs is 4. The number of ether oxygens (including phenoxy) is 2. The van der Waals surface area contributed by atoms with Gasteiger partial charge in [-0.1, -0.05) is 72.8 Å². The Morgan fingerprint density at radius 1 is 0.586 bits per heavy atom. The lowest BCUT2D eigenvalue weighted by atomic mass is 9.81. The smallest absolute Gasteiger partial charge is 0.425 e. The fraction of sp³-hybridized carbons (Fsp3) is 0.409. The molecule has 2 aromatic heterocycles. The fourth-order valence-corrected chi connectivity index (χ4v) is 9.54. The van der Waals surface area contributed by atoms with Gasteiger partial charge in [-0.3, -0.25) is 9.59 Å². The van der Waals surface area contributed by atoms with Crippen LogP contribution in [0.5, 0.6) is 0 Å². The van der Waals surface area contributed by atoms with Gasteiger partial charge in [-0.25, -0.2) is 40.4 Å². The maximum atomic E-state index is 13.9. The number of carbonyl (C=O) groups excluding carboxylic acids is 4. The molecular formula is C44H50N8O6. The Kier molecular flexibility index (Phi) is 10.4. The number of nitrogens with one attached hydrogen (secondary N) is 4. The van der Waals surface area contributed by atoms with Crippen LogP contribution in [0.3, 0.4) is 0 Å². The summed E-state index contributed by atoms with van der Waals surface area (Å²) >= 11 is 0. The minimum atomic E-state index is -0.677. The van der Waals surface area contributed by atoms with Crippen molar-refractivity contribution in [2.24, 2.45) is 35.5 Å². The summed E-state index contributed by atoms with van der Waals surface area (Å²) < 4.78 is 9.56. The highest BCUT2D eigenvalue weighted by Crippen LogP contribution is 2.54. The van der Waals surface area contributed by atoms with Crippen LogP contribution in [0, 0.1) is 35.5 Å². The van der Waals surface area contributed by atoms with Crippen LogP contribution in [0.2, 0.25) is 0 Å². The van der Waals surface area contributed by atoms with Gasteiger partial charge in [-0.15, -0.1) is 0 Å². The van der Waals surface area contributed by atoms with E-state index in [1.54, 1.807) is 0 Å². The molecule has 4 aliphatic rings. The normalized spacial score (nSPS) is 25.0. The number of aromatic amines is 2. The zero-order valence-electron chi connectivity index (χ0n) is 33.5. The molecule has 4 N–H and O–H groups in total. The SMILES string of the molecule is COC(=O)NN(C(=O)C1C2C=CC(C2)C1c1ncc(-c2ccc(-c3ccc(-c4cnc([C@H]5C6C=CC(C6)[C@H]5C(=O)N(NC(=O)OC)C(C)C)[nH]4)cc3)cc2)[nH]1)C(C)C. The fourth-order valence-electron chi connectivity index (χ4n) is 9.54. The van der Waals surface area contributed by atoms with E-state index in [0.717, 1.165) is 58.1 Å². The van der Waals surface area contributed by atoms with Gasteiger partial charge in [0, 0.05) is 23.9 Å². The van der Waals surface area contributed by atoms with Gasteiger partial charge in [0.15, 0.2) is 0 Å². The highest BCUT2D eigenvalue weighted by Gasteiger charge is 2.53. The summed E-state index contributed by atoms with van der Waals surface area (Å²) in [5.41, 5.74) is 11.0. The van der Waals surface area contributed by atoms with E-state index in [1.165, 1.54) is 24.2 Å². The molecule has 0 spiro atoms. The maximum absolute atomic E-state index is 13.9. The van der Waals surface area contributed by atoms with Crippen molar-refractivity contribution in [3.63, 3.8) is 0 Å². The summed E-state index contributed by atoms with van der Waals surface area (Å²) in [4.78, 5) is 68.5. The Bertz CT molecular complexity index is 2080. The van der Waals surface area contributed by atoms with Crippen molar-refractivity contribution in [1.82, 2.24) is 40.8 Å². The van der Waals surface area contributed by atoms with E-state index in [4.69, 9.17) is 19.4 Å². The molecule has 8 rings (SSSR count). The van der Waals surface area contributed by atoms with E-state index in [1.807, 2.05) is 40.1 Å². The number of H-pyrrole nitrogens is 2. The average molecular weight is 787 g/mol. The number of hydrogen-bond acceptors (Lipinski definition) is 8. The summed E-state index contributed by atoms with van der Waals surface area (Å²) in [5, 5.41) is 2.76. The number of hydrazine groups is 2. The number of methoxy groups -OCH3 is 2. The van der Waals surface area contributed by atoms with Crippen molar-refractivity contribution in [2.75, 3.05) is 14.2 Å². The van der Waals surface area contributed by atoms with Crippen molar-refractivity contribution < 1.29 is 28.7 Å². The number of nitrogens with zero attached hydrogens (tertiary/aromatic N) is 4. The number of hydrogen-bond donors (Lipinski definition) is 4. The number of rotatable bonds is 9. The number of carbonyl (C=O) groups is 4. The number of benzene rings is 2. The maximum Gasteiger partial charge on any atom is 0.425 e. The molecule has 2 fully saturated rings. The van der Waals surface area contributed by atoms with Gasteiger partial charge < -0.3 is 19.4 Å². The molecule has 4 amide bonds. The molecule has 4 aliphatic carbocycles. The number of allylic oxidation sites excluding steroid dienone is 4. The van der Waals surface area contributed by atoms with Crippen molar-refractivity contribution in [2.45, 2.75) is 64.5 Å². The number of aromatic nitrogens is 4. The van der Waals surface area contributed by atoms with Crippen LogP contribution in [0.4, 0.5) is 9.59 Å². The summed E-state index contributed by atoms with van der Waals surface area (Å²) in [5.74, 6) is 0.733. The molecule has 2 heterocycles. The van der Waals surface area contributed by atoms with Crippen LogP contribution in [-0.2, 0) is 19.1 Å². The Balaban J connectivity index is 0.955. The summed E-state index contributed by atoms with van der Waals surface area (Å²) in [6, 6.07) is 16.1. The second-order valence-electron chi connectivity index (χ2n) is 16.3. The lowest BCUT2D eigenvalue weighted by molar-refractivity contribution is -0.142. The van der Waals surface area contributed by atoms with Gasteiger partial charge in [0.2, 0.25) is 11.8 Å². The van der Waals surface area contributed by atoms with Gasteiger partial charge in [0.1, 0.15) is 11.6 Å². The molecule has 0 radical (unpaired) electrons. The first-order chi connectivity index (χ1) is 27.9. The molecule has 6 unspecified atom stereocenters. The van der Waals surface area contributed by atoms with Crippen LogP contribution in [0.25, 0.3) is 33.6 Å². The average Bonchev–Trinajstić information content (AvgIpc) is 4.10. The number of imidazole rings is 2. The molecule has 2 aromatic carbocycles. The molecule has 4 bridgehead atoms. The molecule has 0 aliphatic heterocycles. The summed E-state index contributed by atoms with van der Waals surface area (Å²) in [6.07, 6.45) is 12.6. The van der Waals surface area contributed by atoms with Crippen LogP contribution < -0.4 is 10.9 Å². The largest absolute Gasteiger partial charge is 0.452 e. The van der Waals surface area contributed by atoms with Crippen LogP contribution >= 0.6 is 0 Å². The Hall–Kier alpha value is -6.18. The van der Waals surface area contributed by atoms with E-state index in [2.05, 4.69) is 93.7 Å². The van der Waals surface area contributed by atoms with E-state index < -0.39 is 12.2 Å². The van der Waals surface area contributed by atoms with Crippen LogP contribution in [-0.4, -0.2) is 80.3 Å². The predicted octanol–water partition coefficient (Wildman–Crippen LogP) is 6.96. The lowest BCUT2D eigenvalue weighted by Crippen LogP contribution is -2.53. The first kappa shape index (κ1) is 38.7. The van der Waals surface area contributed by atoms with Crippen molar-refractivity contribution >= 4 is 24.0 Å². The van der Waals surface area contributed by atoms with Crippen molar-refractivity contribution in [3.8, 4) is 33.6 Å². The highest BCUT2D eigenvalue weighted by atomic mass is 16.5. The molecular weight excluding hydrogens is 737 g/mol. The van der Waals surface area contributed by atoms with E-state index in [-0.39, 0.29) is 71.2 Å². The third-order valence-electron chi connectivity index (χ3n) is 12.3. The summed E-state index contributed by atoms with van der Waals surface area (Å²) in [7, 11) is 2.56. The van der Waals surface area contributed by atoms with Gasteiger partial charge in [-0.2, -0.15) is 0 Å². The Morgan fingerprint density at radius 2 is 0.931 bits per heavy atom. The third kappa shape index (κ3) is 7.05. The van der Waals surface area contributed by atoms with Crippen molar-refractivity contribution in [3.05, 3.63) is 96.9 Å². The second-order valence-corrected chi connectivity index (χ2v) is 16.3. The predicted molar refractivity (Wildman–Crippen MR) is 216 cm³/mol. The molecule has 8 atom stereocenters. The van der Waals surface area contributed by atoms with Gasteiger partial charge in [0.05, 0.1) is 49.8 Å². The summed E-state index contributed by atoms with van der Waals surface area (Å²) in [6.45, 7) is 7.44. The Labute approximate surface area is 337 Å². The van der Waals surface area contributed by atoms with Crippen molar-refractivity contribution in [1.29, 1.82) is 0 Å².